The molecule has 0 bridgehead atoms. The lowest BCUT2D eigenvalue weighted by Crippen LogP contribution is -2.49. The summed E-state index contributed by atoms with van der Waals surface area (Å²) in [7, 11) is 0. The van der Waals surface area contributed by atoms with Gasteiger partial charge in [0.1, 0.15) is 18.3 Å². The Hall–Kier alpha value is -0.280. The van der Waals surface area contributed by atoms with Gasteiger partial charge < -0.3 is 36.0 Å². The highest BCUT2D eigenvalue weighted by atomic mass is 16.4. The van der Waals surface area contributed by atoms with Crippen molar-refractivity contribution in [2.75, 3.05) is 26.3 Å². The van der Waals surface area contributed by atoms with Crippen LogP contribution in [0.5, 0.6) is 0 Å². The predicted octanol–water partition coefficient (Wildman–Crippen LogP) is 2.64. The van der Waals surface area contributed by atoms with Crippen molar-refractivity contribution in [1.82, 2.24) is 5.32 Å². The van der Waals surface area contributed by atoms with E-state index in [1.165, 1.54) is 89.9 Å². The molecule has 7 nitrogen and oxygen atoms in total. The molecule has 0 aromatic heterocycles. The number of unbranched alkanes of at least 4 members (excludes halogenated alkanes) is 16. The van der Waals surface area contributed by atoms with Crippen LogP contribution in [0.25, 0.3) is 0 Å². The third-order valence-corrected chi connectivity index (χ3v) is 6.19. The van der Waals surface area contributed by atoms with Gasteiger partial charge in [0.25, 0.3) is 0 Å². The number of aliphatic hydroxyl groups excluding tert-OH is 6. The summed E-state index contributed by atoms with van der Waals surface area (Å²) in [6.45, 7) is 0.558. The van der Waals surface area contributed by atoms with Crippen molar-refractivity contribution in [3.8, 4) is 0 Å². The maximum Gasteiger partial charge on any atom is 0.111 e. The molecule has 7 N–H and O–H groups in total. The standard InChI is InChI=1S/C25H53NO6/c27-19-17-15-13-11-9-7-5-3-1-2-4-6-8-10-12-14-16-18-26-20-22(29)24(31)25(32)23(30)21-28/h22-32H,1-21H2/t22-,23+,24+,25+/m0/s1. The first-order valence-corrected chi connectivity index (χ1v) is 13.2. The van der Waals surface area contributed by atoms with Gasteiger partial charge in [0.15, 0.2) is 0 Å². The summed E-state index contributed by atoms with van der Waals surface area (Å²) in [6.07, 6.45) is 15.8. The second kappa shape index (κ2) is 23.9. The monoisotopic (exact) mass is 463 g/mol. The first kappa shape index (κ1) is 31.7. The molecule has 194 valence electrons. The lowest BCUT2D eigenvalue weighted by Gasteiger charge is -2.25. The van der Waals surface area contributed by atoms with E-state index in [1.54, 1.807) is 0 Å². The normalized spacial score (nSPS) is 15.6. The highest BCUT2D eigenvalue weighted by molar-refractivity contribution is 4.81. The summed E-state index contributed by atoms with van der Waals surface area (Å²) >= 11 is 0. The van der Waals surface area contributed by atoms with E-state index in [1.807, 2.05) is 0 Å². The van der Waals surface area contributed by atoms with Gasteiger partial charge >= 0.3 is 0 Å². The van der Waals surface area contributed by atoms with Crippen molar-refractivity contribution >= 4 is 0 Å². The molecule has 32 heavy (non-hydrogen) atoms. The predicted molar refractivity (Wildman–Crippen MR) is 130 cm³/mol. The van der Waals surface area contributed by atoms with Gasteiger partial charge in [-0.2, -0.15) is 0 Å². The molecule has 0 radical (unpaired) electrons. The third kappa shape index (κ3) is 19.2. The molecule has 0 aliphatic carbocycles. The van der Waals surface area contributed by atoms with Crippen LogP contribution in [-0.2, 0) is 0 Å². The Kier molecular flexibility index (Phi) is 23.7. The quantitative estimate of drug-likeness (QED) is 0.104. The zero-order valence-corrected chi connectivity index (χ0v) is 20.3. The van der Waals surface area contributed by atoms with Crippen molar-refractivity contribution in [2.24, 2.45) is 0 Å². The van der Waals surface area contributed by atoms with E-state index >= 15 is 0 Å². The van der Waals surface area contributed by atoms with Crippen LogP contribution >= 0.6 is 0 Å². The molecule has 0 fully saturated rings. The summed E-state index contributed by atoms with van der Waals surface area (Å²) in [4.78, 5) is 0. The Morgan fingerprint density at radius 2 is 0.781 bits per heavy atom. The van der Waals surface area contributed by atoms with Crippen LogP contribution < -0.4 is 5.32 Å². The van der Waals surface area contributed by atoms with E-state index in [0.717, 1.165) is 25.8 Å². The van der Waals surface area contributed by atoms with E-state index in [0.29, 0.717) is 6.61 Å². The largest absolute Gasteiger partial charge is 0.396 e. The second-order valence-electron chi connectivity index (χ2n) is 9.24. The first-order chi connectivity index (χ1) is 15.5. The van der Waals surface area contributed by atoms with Gasteiger partial charge in [-0.25, -0.2) is 0 Å². The molecular formula is C25H53NO6. The molecule has 4 atom stereocenters. The van der Waals surface area contributed by atoms with Crippen LogP contribution in [0.1, 0.15) is 109 Å². The van der Waals surface area contributed by atoms with E-state index in [9.17, 15) is 20.4 Å². The Balaban J connectivity index is 3.27. The summed E-state index contributed by atoms with van der Waals surface area (Å²) in [5.41, 5.74) is 0. The van der Waals surface area contributed by atoms with Crippen LogP contribution in [0.3, 0.4) is 0 Å². The van der Waals surface area contributed by atoms with Crippen LogP contribution in [0.15, 0.2) is 0 Å². The smallest absolute Gasteiger partial charge is 0.111 e. The number of hydrogen-bond acceptors (Lipinski definition) is 7. The third-order valence-electron chi connectivity index (χ3n) is 6.19. The molecule has 0 aliphatic rings. The van der Waals surface area contributed by atoms with E-state index < -0.39 is 31.0 Å². The Labute approximate surface area is 196 Å². The molecule has 0 rings (SSSR count). The topological polar surface area (TPSA) is 133 Å². The van der Waals surface area contributed by atoms with Crippen LogP contribution in [0.2, 0.25) is 0 Å². The molecule has 0 saturated carbocycles. The lowest BCUT2D eigenvalue weighted by molar-refractivity contribution is -0.113. The van der Waals surface area contributed by atoms with E-state index in [-0.39, 0.29) is 6.54 Å². The average molecular weight is 464 g/mol. The maximum absolute atomic E-state index is 9.81. The molecule has 0 aromatic rings. The van der Waals surface area contributed by atoms with Crippen LogP contribution in [0.4, 0.5) is 0 Å². The summed E-state index contributed by atoms with van der Waals surface area (Å²) in [5, 5.41) is 59.0. The fraction of sp³-hybridized carbons (Fsp3) is 1.00. The fourth-order valence-electron chi connectivity index (χ4n) is 3.95. The molecule has 0 saturated heterocycles. The lowest BCUT2D eigenvalue weighted by atomic mass is 10.0. The zero-order chi connectivity index (χ0) is 23.9. The Bertz CT molecular complexity index is 374. The minimum absolute atomic E-state index is 0.140. The van der Waals surface area contributed by atoms with Gasteiger partial charge in [-0.3, -0.25) is 0 Å². The molecule has 0 aromatic carbocycles. The van der Waals surface area contributed by atoms with Crippen molar-refractivity contribution < 1.29 is 30.6 Å². The van der Waals surface area contributed by atoms with Crippen LogP contribution in [-0.4, -0.2) is 81.4 Å². The number of rotatable bonds is 25. The molecule has 7 heteroatoms. The number of hydrogen-bond donors (Lipinski definition) is 7. The van der Waals surface area contributed by atoms with Gasteiger partial charge in [-0.05, 0) is 19.4 Å². The van der Waals surface area contributed by atoms with Crippen molar-refractivity contribution in [1.29, 1.82) is 0 Å². The Morgan fingerprint density at radius 3 is 1.16 bits per heavy atom. The number of aliphatic hydroxyl groups is 6. The Morgan fingerprint density at radius 1 is 0.438 bits per heavy atom. The summed E-state index contributed by atoms with van der Waals surface area (Å²) < 4.78 is 0. The minimum atomic E-state index is -1.56. The van der Waals surface area contributed by atoms with Gasteiger partial charge in [0.2, 0.25) is 0 Å². The minimum Gasteiger partial charge on any atom is -0.396 e. The molecule has 0 spiro atoms. The van der Waals surface area contributed by atoms with Gasteiger partial charge in [0.05, 0.1) is 12.7 Å². The molecular weight excluding hydrogens is 410 g/mol. The summed E-state index contributed by atoms with van der Waals surface area (Å²) in [5.74, 6) is 0. The first-order valence-electron chi connectivity index (χ1n) is 13.2. The highest BCUT2D eigenvalue weighted by Crippen LogP contribution is 2.14. The van der Waals surface area contributed by atoms with Gasteiger partial charge in [-0.1, -0.05) is 96.3 Å². The van der Waals surface area contributed by atoms with E-state index in [4.69, 9.17) is 10.2 Å². The van der Waals surface area contributed by atoms with Gasteiger partial charge in [-0.15, -0.1) is 0 Å². The fourth-order valence-corrected chi connectivity index (χ4v) is 3.95. The van der Waals surface area contributed by atoms with E-state index in [2.05, 4.69) is 5.32 Å². The SMILES string of the molecule is OCCCCCCCCCCCCCCCCCCCNC[C@H](O)[C@@H](O)[C@H](O)[C@H](O)CO. The number of nitrogens with one attached hydrogen (secondary N) is 1. The van der Waals surface area contributed by atoms with Gasteiger partial charge in [0, 0.05) is 13.2 Å². The summed E-state index contributed by atoms with van der Waals surface area (Å²) in [6, 6.07) is 0. The van der Waals surface area contributed by atoms with Crippen molar-refractivity contribution in [2.45, 2.75) is 134 Å². The maximum atomic E-state index is 9.81. The zero-order valence-electron chi connectivity index (χ0n) is 20.3. The van der Waals surface area contributed by atoms with Crippen molar-refractivity contribution in [3.63, 3.8) is 0 Å². The average Bonchev–Trinajstić information content (AvgIpc) is 2.81. The molecule has 0 aliphatic heterocycles. The highest BCUT2D eigenvalue weighted by Gasteiger charge is 2.29. The van der Waals surface area contributed by atoms with Crippen molar-refractivity contribution in [3.05, 3.63) is 0 Å². The van der Waals surface area contributed by atoms with Crippen LogP contribution in [0, 0.1) is 0 Å². The molecule has 0 amide bonds. The molecule has 0 unspecified atom stereocenters. The molecule has 0 heterocycles. The second-order valence-corrected chi connectivity index (χ2v) is 9.24.